The van der Waals surface area contributed by atoms with Crippen LogP contribution in [0.2, 0.25) is 0 Å². The number of hydrogen-bond donors (Lipinski definition) is 1. The minimum Gasteiger partial charge on any atom is -0.424 e. The number of nitrogens with one attached hydrogen (secondary N) is 1. The molecule has 1 fully saturated rings. The predicted octanol–water partition coefficient (Wildman–Crippen LogP) is -1.79. The van der Waals surface area contributed by atoms with E-state index in [9.17, 15) is 4.79 Å². The highest BCUT2D eigenvalue weighted by Gasteiger charge is 2.21. The molecule has 0 aromatic carbocycles. The van der Waals surface area contributed by atoms with Gasteiger partial charge in [-0.2, -0.15) is 0 Å². The maximum absolute atomic E-state index is 10.2. The van der Waals surface area contributed by atoms with Gasteiger partial charge in [0.25, 0.3) is 0 Å². The number of carbonyl (C=O) groups is 1. The van der Waals surface area contributed by atoms with Gasteiger partial charge in [0, 0.05) is 6.54 Å². The van der Waals surface area contributed by atoms with Crippen LogP contribution in [0.4, 0.5) is 0 Å². The Kier molecular flexibility index (Phi) is 2.38. The highest BCUT2D eigenvalue weighted by Crippen LogP contribution is 2.06. The molecule has 0 saturated carbocycles. The van der Waals surface area contributed by atoms with E-state index in [1.807, 2.05) is 0 Å². The van der Waals surface area contributed by atoms with Gasteiger partial charge in [-0.15, -0.1) is 0 Å². The molecule has 0 spiro atoms. The third-order valence-electron chi connectivity index (χ3n) is 1.62. The van der Waals surface area contributed by atoms with Gasteiger partial charge in [0.05, 0.1) is 12.1 Å². The lowest BCUT2D eigenvalue weighted by Gasteiger charge is -2.03. The Hall–Kier alpha value is -0.193. The minimum atomic E-state index is 0.0453. The van der Waals surface area contributed by atoms with Crippen LogP contribution in [0.5, 0.6) is 0 Å². The topological polar surface area (TPSA) is 38.3 Å². The summed E-state index contributed by atoms with van der Waals surface area (Å²) in [5.41, 5.74) is 0. The van der Waals surface area contributed by atoms with Crippen LogP contribution < -0.4 is 5.32 Å². The van der Waals surface area contributed by atoms with Crippen LogP contribution in [0.25, 0.3) is 0 Å². The molecule has 1 N–H and O–H groups in total. The van der Waals surface area contributed by atoms with Crippen LogP contribution in [-0.4, -0.2) is 35.5 Å². The van der Waals surface area contributed by atoms with Gasteiger partial charge >= 0.3 is 0 Å². The second-order valence-electron chi connectivity index (χ2n) is 2.24. The quantitative estimate of drug-likeness (QED) is 0.368. The summed E-state index contributed by atoms with van der Waals surface area (Å²) in [6.45, 7) is 0.840. The van der Waals surface area contributed by atoms with Crippen molar-refractivity contribution in [3.05, 3.63) is 0 Å². The van der Waals surface area contributed by atoms with Crippen LogP contribution >= 0.6 is 0 Å². The fourth-order valence-corrected chi connectivity index (χ4v) is 1.38. The minimum absolute atomic E-state index is 0.0453. The lowest BCUT2D eigenvalue weighted by atomic mass is 10.2. The summed E-state index contributed by atoms with van der Waals surface area (Å²) in [7, 11) is 0.769. The van der Waals surface area contributed by atoms with Crippen molar-refractivity contribution in [2.45, 2.75) is 18.6 Å². The van der Waals surface area contributed by atoms with E-state index < -0.39 is 0 Å². The molecule has 2 atom stereocenters. The SMILES string of the molecule is O=C[C@@H]1CC(O[SiH3])CN1. The zero-order valence-corrected chi connectivity index (χ0v) is 7.46. The molecule has 52 valence electrons. The summed E-state index contributed by atoms with van der Waals surface area (Å²) in [4.78, 5) is 10.2. The summed E-state index contributed by atoms with van der Waals surface area (Å²) in [6, 6.07) is 0.0453. The van der Waals surface area contributed by atoms with E-state index in [2.05, 4.69) is 5.32 Å². The van der Waals surface area contributed by atoms with Gasteiger partial charge in [-0.1, -0.05) is 0 Å². The van der Waals surface area contributed by atoms with Gasteiger partial charge in [-0.05, 0) is 6.42 Å². The van der Waals surface area contributed by atoms with E-state index in [4.69, 9.17) is 4.43 Å². The molecule has 1 unspecified atom stereocenters. The van der Waals surface area contributed by atoms with Crippen LogP contribution in [-0.2, 0) is 9.22 Å². The van der Waals surface area contributed by atoms with Crippen molar-refractivity contribution in [1.82, 2.24) is 5.32 Å². The lowest BCUT2D eigenvalue weighted by molar-refractivity contribution is -0.109. The van der Waals surface area contributed by atoms with Gasteiger partial charge < -0.3 is 14.5 Å². The number of carbonyl (C=O) groups excluding carboxylic acids is 1. The Morgan fingerprint density at radius 1 is 1.78 bits per heavy atom. The van der Waals surface area contributed by atoms with Crippen molar-refractivity contribution in [1.29, 1.82) is 0 Å². The Morgan fingerprint density at radius 2 is 2.56 bits per heavy atom. The molecule has 3 nitrogen and oxygen atoms in total. The average Bonchev–Trinajstić information content (AvgIpc) is 2.34. The van der Waals surface area contributed by atoms with Gasteiger partial charge in [0.15, 0.2) is 0 Å². The predicted molar refractivity (Wildman–Crippen MR) is 37.3 cm³/mol. The molecule has 0 aromatic heterocycles. The van der Waals surface area contributed by atoms with Crippen molar-refractivity contribution in [2.75, 3.05) is 6.54 Å². The van der Waals surface area contributed by atoms with Crippen LogP contribution in [0.3, 0.4) is 0 Å². The molecule has 0 bridgehead atoms. The molecule has 0 radical (unpaired) electrons. The second-order valence-corrected chi connectivity index (χ2v) is 2.72. The maximum atomic E-state index is 10.2. The van der Waals surface area contributed by atoms with Crippen molar-refractivity contribution in [3.8, 4) is 0 Å². The largest absolute Gasteiger partial charge is 0.424 e. The molecule has 1 rings (SSSR count). The molecule has 0 aromatic rings. The van der Waals surface area contributed by atoms with E-state index in [1.165, 1.54) is 0 Å². The number of aldehydes is 1. The summed E-state index contributed by atoms with van der Waals surface area (Å²) in [5.74, 6) is 0. The molecule has 1 aliphatic heterocycles. The fraction of sp³-hybridized carbons (Fsp3) is 0.800. The van der Waals surface area contributed by atoms with E-state index in [0.717, 1.165) is 29.7 Å². The normalized spacial score (nSPS) is 35.1. The zero-order valence-electron chi connectivity index (χ0n) is 5.46. The fourth-order valence-electron chi connectivity index (χ4n) is 1.02. The molecule has 1 heterocycles. The highest BCUT2D eigenvalue weighted by atomic mass is 28.2. The van der Waals surface area contributed by atoms with Crippen molar-refractivity contribution >= 4 is 16.8 Å². The van der Waals surface area contributed by atoms with E-state index >= 15 is 0 Å². The third-order valence-corrected chi connectivity index (χ3v) is 2.29. The zero-order chi connectivity index (χ0) is 6.69. The monoisotopic (exact) mass is 145 g/mol. The molecule has 4 heteroatoms. The first-order valence-corrected chi connectivity index (χ1v) is 3.90. The molecule has 1 aliphatic rings. The number of hydrogen-bond acceptors (Lipinski definition) is 3. The van der Waals surface area contributed by atoms with Gasteiger partial charge in [0.1, 0.15) is 16.8 Å². The molecular formula is C5H11NO2Si. The summed E-state index contributed by atoms with van der Waals surface area (Å²) in [5, 5.41) is 3.04. The third kappa shape index (κ3) is 1.61. The Bertz CT molecular complexity index is 109. The van der Waals surface area contributed by atoms with Gasteiger partial charge in [-0.3, -0.25) is 0 Å². The van der Waals surface area contributed by atoms with Crippen molar-refractivity contribution in [3.63, 3.8) is 0 Å². The lowest BCUT2D eigenvalue weighted by Crippen LogP contribution is -2.22. The summed E-state index contributed by atoms with van der Waals surface area (Å²) in [6.07, 6.45) is 2.10. The second kappa shape index (κ2) is 3.10. The first-order chi connectivity index (χ1) is 4.36. The number of rotatable bonds is 2. The molecule has 0 aliphatic carbocycles. The molecule has 9 heavy (non-hydrogen) atoms. The van der Waals surface area contributed by atoms with Crippen molar-refractivity contribution in [2.24, 2.45) is 0 Å². The molecule has 1 saturated heterocycles. The van der Waals surface area contributed by atoms with Crippen molar-refractivity contribution < 1.29 is 9.22 Å². The Morgan fingerprint density at radius 3 is 2.89 bits per heavy atom. The smallest absolute Gasteiger partial charge is 0.146 e. The molecule has 0 amide bonds. The van der Waals surface area contributed by atoms with Crippen LogP contribution in [0.15, 0.2) is 0 Å². The van der Waals surface area contributed by atoms with E-state index in [1.54, 1.807) is 0 Å². The van der Waals surface area contributed by atoms with E-state index in [-0.39, 0.29) is 6.04 Å². The Labute approximate surface area is 57.3 Å². The average molecular weight is 145 g/mol. The Balaban J connectivity index is 2.28. The van der Waals surface area contributed by atoms with E-state index in [0.29, 0.717) is 6.10 Å². The van der Waals surface area contributed by atoms with Crippen LogP contribution in [0, 0.1) is 0 Å². The molecular weight excluding hydrogens is 134 g/mol. The maximum Gasteiger partial charge on any atom is 0.146 e. The van der Waals surface area contributed by atoms with Crippen LogP contribution in [0.1, 0.15) is 6.42 Å². The standard InChI is InChI=1S/C5H11NO2Si/c7-3-4-1-5(8-9)2-6-4/h3-6H,1-2H2,9H3/t4-,5?/m0/s1. The summed E-state index contributed by atoms with van der Waals surface area (Å²) < 4.78 is 5.16. The first-order valence-electron chi connectivity index (χ1n) is 3.08. The highest BCUT2D eigenvalue weighted by molar-refractivity contribution is 5.98. The van der Waals surface area contributed by atoms with Gasteiger partial charge in [-0.25, -0.2) is 0 Å². The first kappa shape index (κ1) is 6.92. The van der Waals surface area contributed by atoms with Gasteiger partial charge in [0.2, 0.25) is 0 Å². The summed E-state index contributed by atoms with van der Waals surface area (Å²) >= 11 is 0.